The number of carbonyl (C=O) groups excluding carboxylic acids is 1. The summed E-state index contributed by atoms with van der Waals surface area (Å²) in [6.07, 6.45) is 1.78. The summed E-state index contributed by atoms with van der Waals surface area (Å²) in [4.78, 5) is 27.8. The molecule has 0 saturated carbocycles. The van der Waals surface area contributed by atoms with Gasteiger partial charge in [-0.05, 0) is 26.0 Å². The zero-order valence-electron chi connectivity index (χ0n) is 13.4. The van der Waals surface area contributed by atoms with Crippen molar-refractivity contribution in [1.82, 2.24) is 9.55 Å². The molecule has 2 aromatic heterocycles. The van der Waals surface area contributed by atoms with Crippen LogP contribution in [0.3, 0.4) is 0 Å². The molecule has 24 heavy (non-hydrogen) atoms. The Balaban J connectivity index is 2.15. The number of thiazole rings is 1. The van der Waals surface area contributed by atoms with Crippen LogP contribution in [0.4, 0.5) is 5.69 Å². The van der Waals surface area contributed by atoms with Crippen molar-refractivity contribution in [3.05, 3.63) is 45.1 Å². The van der Waals surface area contributed by atoms with Crippen LogP contribution in [0.1, 0.15) is 22.3 Å². The van der Waals surface area contributed by atoms with Crippen molar-refractivity contribution < 1.29 is 14.5 Å². The Morgan fingerprint density at radius 2 is 2.21 bits per heavy atom. The summed E-state index contributed by atoms with van der Waals surface area (Å²) < 4.78 is 6.73. The Morgan fingerprint density at radius 1 is 1.46 bits per heavy atom. The van der Waals surface area contributed by atoms with Gasteiger partial charge in [0.2, 0.25) is 0 Å². The van der Waals surface area contributed by atoms with Crippen molar-refractivity contribution in [2.75, 3.05) is 6.61 Å². The molecule has 0 aliphatic rings. The Bertz CT molecular complexity index is 958. The molecular weight excluding hydrogens is 330 g/mol. The molecule has 0 amide bonds. The van der Waals surface area contributed by atoms with Crippen LogP contribution in [-0.4, -0.2) is 27.1 Å². The van der Waals surface area contributed by atoms with Gasteiger partial charge in [0.05, 0.1) is 17.2 Å². The molecule has 0 radical (unpaired) electrons. The van der Waals surface area contributed by atoms with E-state index in [0.717, 1.165) is 5.39 Å². The second-order valence-corrected chi connectivity index (χ2v) is 6.27. The van der Waals surface area contributed by atoms with Crippen molar-refractivity contribution in [3.63, 3.8) is 0 Å². The molecular formula is C16H15N3O4S. The maximum Gasteiger partial charge on any atom is 0.350 e. The molecule has 0 unspecified atom stereocenters. The molecule has 2 heterocycles. The van der Waals surface area contributed by atoms with Crippen LogP contribution in [-0.2, 0) is 11.8 Å². The molecule has 124 valence electrons. The fourth-order valence-electron chi connectivity index (χ4n) is 2.59. The Hall–Kier alpha value is -2.74. The minimum absolute atomic E-state index is 0.0144. The zero-order chi connectivity index (χ0) is 17.4. The maximum atomic E-state index is 11.9. The van der Waals surface area contributed by atoms with Crippen LogP contribution in [0.25, 0.3) is 21.5 Å². The molecule has 8 heteroatoms. The van der Waals surface area contributed by atoms with Crippen molar-refractivity contribution in [2.45, 2.75) is 13.8 Å². The Kier molecular flexibility index (Phi) is 4.06. The van der Waals surface area contributed by atoms with Gasteiger partial charge in [-0.1, -0.05) is 0 Å². The third kappa shape index (κ3) is 2.65. The average molecular weight is 345 g/mol. The first-order valence-corrected chi connectivity index (χ1v) is 8.12. The van der Waals surface area contributed by atoms with Crippen molar-refractivity contribution in [1.29, 1.82) is 0 Å². The number of carbonyl (C=O) groups is 1. The molecule has 0 N–H and O–H groups in total. The number of esters is 1. The Morgan fingerprint density at radius 3 is 2.88 bits per heavy atom. The number of nitro groups is 1. The van der Waals surface area contributed by atoms with Crippen molar-refractivity contribution >= 4 is 33.9 Å². The lowest BCUT2D eigenvalue weighted by atomic mass is 10.1. The smallest absolute Gasteiger partial charge is 0.350 e. The number of ether oxygens (including phenoxy) is 1. The van der Waals surface area contributed by atoms with Gasteiger partial charge < -0.3 is 9.30 Å². The first-order valence-electron chi connectivity index (χ1n) is 7.30. The summed E-state index contributed by atoms with van der Waals surface area (Å²) in [5.74, 6) is -0.422. The molecule has 0 fully saturated rings. The Labute approximate surface area is 141 Å². The highest BCUT2D eigenvalue weighted by Gasteiger charge is 2.21. The zero-order valence-corrected chi connectivity index (χ0v) is 14.2. The minimum atomic E-state index is -0.422. The molecule has 1 aromatic carbocycles. The van der Waals surface area contributed by atoms with Crippen LogP contribution in [0.5, 0.6) is 0 Å². The predicted octanol–water partition coefficient (Wildman–Crippen LogP) is 3.70. The normalized spacial score (nSPS) is 11.0. The van der Waals surface area contributed by atoms with Crippen molar-refractivity contribution in [2.24, 2.45) is 7.05 Å². The predicted molar refractivity (Wildman–Crippen MR) is 91.4 cm³/mol. The van der Waals surface area contributed by atoms with E-state index in [1.807, 2.05) is 12.1 Å². The van der Waals surface area contributed by atoms with Gasteiger partial charge in [-0.25, -0.2) is 9.78 Å². The number of nitrogens with zero attached hydrogens (tertiary/aromatic N) is 3. The largest absolute Gasteiger partial charge is 0.462 e. The summed E-state index contributed by atoms with van der Waals surface area (Å²) in [5.41, 5.74) is 1.75. The van der Waals surface area contributed by atoms with E-state index in [9.17, 15) is 14.9 Å². The highest BCUT2D eigenvalue weighted by Crippen LogP contribution is 2.35. The first-order chi connectivity index (χ1) is 11.4. The lowest BCUT2D eigenvalue weighted by molar-refractivity contribution is -0.383. The summed E-state index contributed by atoms with van der Waals surface area (Å²) in [6.45, 7) is 3.75. The third-order valence-corrected chi connectivity index (χ3v) is 4.84. The van der Waals surface area contributed by atoms with E-state index < -0.39 is 10.9 Å². The van der Waals surface area contributed by atoms with E-state index in [4.69, 9.17) is 4.74 Å². The number of hydrogen-bond donors (Lipinski definition) is 0. The lowest BCUT2D eigenvalue weighted by Gasteiger charge is -2.02. The number of hydrogen-bond acceptors (Lipinski definition) is 6. The third-order valence-electron chi connectivity index (χ3n) is 3.65. The number of aryl methyl sites for hydroxylation is 2. The highest BCUT2D eigenvalue weighted by atomic mass is 32.1. The SMILES string of the molecule is CCOC(=O)c1sc(-c2cc([N+](=O)[O-])c3c(ccn3C)c2)nc1C. The van der Waals surface area contributed by atoms with Gasteiger partial charge in [0.25, 0.3) is 5.69 Å². The van der Waals surface area contributed by atoms with Crippen LogP contribution < -0.4 is 0 Å². The molecule has 7 nitrogen and oxygen atoms in total. The van der Waals surface area contributed by atoms with Crippen LogP contribution in [0.2, 0.25) is 0 Å². The van der Waals surface area contributed by atoms with Gasteiger partial charge in [0, 0.05) is 30.3 Å². The molecule has 3 rings (SSSR count). The topological polar surface area (TPSA) is 87.3 Å². The van der Waals surface area contributed by atoms with E-state index in [2.05, 4.69) is 4.98 Å². The number of benzene rings is 1. The van der Waals surface area contributed by atoms with E-state index in [1.165, 1.54) is 17.4 Å². The van der Waals surface area contributed by atoms with E-state index in [-0.39, 0.29) is 12.3 Å². The van der Waals surface area contributed by atoms with Gasteiger partial charge in [-0.3, -0.25) is 10.1 Å². The standard InChI is InChI=1S/C16H15N3O4S/c1-4-23-16(20)14-9(2)17-15(24-14)11-7-10-5-6-18(3)13(10)12(8-11)19(21)22/h5-8H,4H2,1-3H3. The molecule has 0 bridgehead atoms. The number of fused-ring (bicyclic) bond motifs is 1. The van der Waals surface area contributed by atoms with E-state index in [0.29, 0.717) is 26.7 Å². The summed E-state index contributed by atoms with van der Waals surface area (Å²) in [7, 11) is 1.77. The second-order valence-electron chi connectivity index (χ2n) is 5.27. The van der Waals surface area contributed by atoms with Crippen LogP contribution in [0.15, 0.2) is 24.4 Å². The summed E-state index contributed by atoms with van der Waals surface area (Å²) >= 11 is 1.18. The van der Waals surface area contributed by atoms with Gasteiger partial charge >= 0.3 is 5.97 Å². The second kappa shape index (κ2) is 6.04. The van der Waals surface area contributed by atoms with Gasteiger partial charge in [0.15, 0.2) is 0 Å². The van der Waals surface area contributed by atoms with Crippen LogP contribution in [0, 0.1) is 17.0 Å². The average Bonchev–Trinajstić information content (AvgIpc) is 3.10. The minimum Gasteiger partial charge on any atom is -0.462 e. The highest BCUT2D eigenvalue weighted by molar-refractivity contribution is 7.17. The quantitative estimate of drug-likeness (QED) is 0.409. The fourth-order valence-corrected chi connectivity index (χ4v) is 3.53. The number of aromatic nitrogens is 2. The number of nitro benzene ring substituents is 1. The number of non-ortho nitro benzene ring substituents is 1. The first kappa shape index (κ1) is 16.1. The lowest BCUT2D eigenvalue weighted by Crippen LogP contribution is -2.03. The van der Waals surface area contributed by atoms with Crippen molar-refractivity contribution in [3.8, 4) is 10.6 Å². The van der Waals surface area contributed by atoms with Gasteiger partial charge in [-0.2, -0.15) is 0 Å². The molecule has 0 aliphatic heterocycles. The molecule has 0 spiro atoms. The summed E-state index contributed by atoms with van der Waals surface area (Å²) in [6, 6.07) is 5.16. The molecule has 3 aromatic rings. The monoisotopic (exact) mass is 345 g/mol. The fraction of sp³-hybridized carbons (Fsp3) is 0.250. The number of rotatable bonds is 4. The van der Waals surface area contributed by atoms with Gasteiger partial charge in [-0.15, -0.1) is 11.3 Å². The maximum absolute atomic E-state index is 11.9. The van der Waals surface area contributed by atoms with E-state index >= 15 is 0 Å². The van der Waals surface area contributed by atoms with Crippen LogP contribution >= 0.6 is 11.3 Å². The van der Waals surface area contributed by atoms with E-state index in [1.54, 1.807) is 31.7 Å². The molecule has 0 aliphatic carbocycles. The molecule has 0 atom stereocenters. The summed E-state index contributed by atoms with van der Waals surface area (Å²) in [5, 5.41) is 12.7. The van der Waals surface area contributed by atoms with Gasteiger partial charge in [0.1, 0.15) is 15.4 Å². The molecule has 0 saturated heterocycles.